The highest BCUT2D eigenvalue weighted by Gasteiger charge is 2.22. The summed E-state index contributed by atoms with van der Waals surface area (Å²) in [5.41, 5.74) is 1.38. The maximum absolute atomic E-state index is 12.5. The summed E-state index contributed by atoms with van der Waals surface area (Å²) in [6.45, 7) is 0.511. The number of carbonyl (C=O) groups excluding carboxylic acids is 1. The van der Waals surface area contributed by atoms with Gasteiger partial charge in [0.15, 0.2) is 11.5 Å². The second-order valence-electron chi connectivity index (χ2n) is 5.90. The molecule has 0 saturated carbocycles. The lowest BCUT2D eigenvalue weighted by molar-refractivity contribution is 0.0941. The number of ether oxygens (including phenoxy) is 2. The smallest absolute Gasteiger partial charge is 0.251 e. The summed E-state index contributed by atoms with van der Waals surface area (Å²) in [4.78, 5) is 14.5. The summed E-state index contributed by atoms with van der Waals surface area (Å²) in [6.07, 6.45) is 0. The number of hydrogen-bond acceptors (Lipinski definition) is 4. The minimum atomic E-state index is -0.237. The fraction of sp³-hybridized carbons (Fsp3) is 0.278. The number of nitrogens with one attached hydrogen (secondary N) is 1. The Morgan fingerprint density at radius 3 is 2.68 bits per heavy atom. The van der Waals surface area contributed by atoms with Crippen LogP contribution in [-0.4, -0.2) is 38.2 Å². The summed E-state index contributed by atoms with van der Waals surface area (Å²) in [6, 6.07) is 10.8. The maximum Gasteiger partial charge on any atom is 0.251 e. The third kappa shape index (κ3) is 3.84. The van der Waals surface area contributed by atoms with Crippen LogP contribution in [-0.2, 0) is 0 Å². The van der Waals surface area contributed by atoms with E-state index in [1.165, 1.54) is 0 Å². The van der Waals surface area contributed by atoms with E-state index >= 15 is 0 Å². The van der Waals surface area contributed by atoms with Crippen molar-refractivity contribution in [2.45, 2.75) is 6.04 Å². The van der Waals surface area contributed by atoms with Crippen LogP contribution in [0.1, 0.15) is 22.0 Å². The quantitative estimate of drug-likeness (QED) is 0.857. The van der Waals surface area contributed by atoms with E-state index in [-0.39, 0.29) is 18.7 Å². The Hall–Kier alpha value is -1.95. The van der Waals surface area contributed by atoms with Crippen molar-refractivity contribution < 1.29 is 14.3 Å². The Morgan fingerprint density at radius 2 is 1.96 bits per heavy atom. The predicted octanol–water partition coefficient (Wildman–Crippen LogP) is 3.75. The topological polar surface area (TPSA) is 50.8 Å². The van der Waals surface area contributed by atoms with Gasteiger partial charge in [-0.05, 0) is 37.9 Å². The lowest BCUT2D eigenvalue weighted by atomic mass is 10.1. The van der Waals surface area contributed by atoms with E-state index in [0.717, 1.165) is 5.56 Å². The van der Waals surface area contributed by atoms with E-state index in [1.54, 1.807) is 12.1 Å². The minimum absolute atomic E-state index is 0.0536. The molecule has 1 atom stereocenters. The van der Waals surface area contributed by atoms with Crippen molar-refractivity contribution >= 4 is 29.1 Å². The number of fused-ring (bicyclic) bond motifs is 1. The molecular weight excluding hydrogens is 363 g/mol. The fourth-order valence-corrected chi connectivity index (χ4v) is 3.23. The van der Waals surface area contributed by atoms with Crippen molar-refractivity contribution in [1.82, 2.24) is 10.2 Å². The van der Waals surface area contributed by atoms with Crippen molar-refractivity contribution in [3.63, 3.8) is 0 Å². The van der Waals surface area contributed by atoms with Crippen LogP contribution in [0.4, 0.5) is 0 Å². The number of nitrogens with zero attached hydrogens (tertiary/aromatic N) is 1. The van der Waals surface area contributed by atoms with Gasteiger partial charge in [-0.25, -0.2) is 0 Å². The Kier molecular flexibility index (Phi) is 5.37. The van der Waals surface area contributed by atoms with Crippen molar-refractivity contribution in [1.29, 1.82) is 0 Å². The second-order valence-corrected chi connectivity index (χ2v) is 6.72. The Balaban J connectivity index is 1.74. The summed E-state index contributed by atoms with van der Waals surface area (Å²) >= 11 is 12.4. The molecule has 25 heavy (non-hydrogen) atoms. The molecule has 1 aliphatic rings. The molecule has 7 heteroatoms. The number of rotatable bonds is 5. The molecule has 1 unspecified atom stereocenters. The largest absolute Gasteiger partial charge is 0.454 e. The Morgan fingerprint density at radius 1 is 1.20 bits per heavy atom. The van der Waals surface area contributed by atoms with Crippen LogP contribution < -0.4 is 14.8 Å². The number of halogens is 2. The lowest BCUT2D eigenvalue weighted by Gasteiger charge is -2.26. The van der Waals surface area contributed by atoms with Crippen LogP contribution in [0.25, 0.3) is 0 Å². The third-order valence-corrected chi connectivity index (χ3v) is 4.66. The molecule has 1 N–H and O–H groups in total. The average Bonchev–Trinajstić information content (AvgIpc) is 3.05. The third-order valence-electron chi connectivity index (χ3n) is 4.03. The van der Waals surface area contributed by atoms with E-state index in [9.17, 15) is 4.79 Å². The summed E-state index contributed by atoms with van der Waals surface area (Å²) in [7, 11) is 3.88. The molecule has 0 radical (unpaired) electrons. The van der Waals surface area contributed by atoms with E-state index < -0.39 is 0 Å². The molecule has 2 aromatic rings. The first kappa shape index (κ1) is 17.9. The standard InChI is InChI=1S/C18H18Cl2N2O3/c1-22(2)15(12-5-3-4-6-13(12)19)9-21-18(23)11-7-14(20)17-16(8-11)24-10-25-17/h3-8,15H,9-10H2,1-2H3,(H,21,23). The highest BCUT2D eigenvalue weighted by atomic mass is 35.5. The average molecular weight is 381 g/mol. The highest BCUT2D eigenvalue weighted by molar-refractivity contribution is 6.32. The van der Waals surface area contributed by atoms with Gasteiger partial charge >= 0.3 is 0 Å². The molecule has 3 rings (SSSR count). The number of carbonyl (C=O) groups is 1. The molecule has 2 aromatic carbocycles. The zero-order chi connectivity index (χ0) is 18.0. The second kappa shape index (κ2) is 7.52. The number of amides is 1. The first-order valence-corrected chi connectivity index (χ1v) is 8.51. The minimum Gasteiger partial charge on any atom is -0.454 e. The Labute approximate surface area is 156 Å². The number of benzene rings is 2. The molecule has 1 amide bonds. The van der Waals surface area contributed by atoms with E-state index in [2.05, 4.69) is 5.32 Å². The van der Waals surface area contributed by atoms with Crippen molar-refractivity contribution in [3.05, 3.63) is 57.6 Å². The predicted molar refractivity (Wildman–Crippen MR) is 97.8 cm³/mol. The molecule has 0 bridgehead atoms. The van der Waals surface area contributed by atoms with Gasteiger partial charge in [-0.1, -0.05) is 41.4 Å². The van der Waals surface area contributed by atoms with Gasteiger partial charge in [-0.2, -0.15) is 0 Å². The molecule has 132 valence electrons. The van der Waals surface area contributed by atoms with Gasteiger partial charge < -0.3 is 19.7 Å². The molecular formula is C18H18Cl2N2O3. The fourth-order valence-electron chi connectivity index (χ4n) is 2.71. The van der Waals surface area contributed by atoms with Gasteiger partial charge in [-0.3, -0.25) is 4.79 Å². The first-order chi connectivity index (χ1) is 12.0. The van der Waals surface area contributed by atoms with Gasteiger partial charge in [-0.15, -0.1) is 0 Å². The van der Waals surface area contributed by atoms with E-state index in [4.69, 9.17) is 32.7 Å². The van der Waals surface area contributed by atoms with Gasteiger partial charge in [0, 0.05) is 17.1 Å². The molecule has 5 nitrogen and oxygen atoms in total. The molecule has 0 aliphatic carbocycles. The molecule has 0 fully saturated rings. The van der Waals surface area contributed by atoms with Gasteiger partial charge in [0.1, 0.15) is 0 Å². The van der Waals surface area contributed by atoms with Crippen LogP contribution in [0, 0.1) is 0 Å². The van der Waals surface area contributed by atoms with Crippen LogP contribution >= 0.6 is 23.2 Å². The normalized spacial score (nSPS) is 13.8. The first-order valence-electron chi connectivity index (χ1n) is 7.75. The van der Waals surface area contributed by atoms with E-state index in [0.29, 0.717) is 33.7 Å². The Bertz CT molecular complexity index is 796. The molecule has 1 aliphatic heterocycles. The zero-order valence-corrected chi connectivity index (χ0v) is 15.4. The van der Waals surface area contributed by atoms with Crippen LogP contribution in [0.2, 0.25) is 10.0 Å². The van der Waals surface area contributed by atoms with Gasteiger partial charge in [0.2, 0.25) is 6.79 Å². The van der Waals surface area contributed by atoms with Crippen LogP contribution in [0.3, 0.4) is 0 Å². The number of hydrogen-bond donors (Lipinski definition) is 1. The van der Waals surface area contributed by atoms with Gasteiger partial charge in [0.05, 0.1) is 11.1 Å². The SMILES string of the molecule is CN(C)C(CNC(=O)c1cc(Cl)c2c(c1)OCO2)c1ccccc1Cl. The molecule has 0 saturated heterocycles. The summed E-state index contributed by atoms with van der Waals surface area (Å²) in [5, 5.41) is 3.96. The molecule has 0 aromatic heterocycles. The highest BCUT2D eigenvalue weighted by Crippen LogP contribution is 2.39. The van der Waals surface area contributed by atoms with Crippen LogP contribution in [0.15, 0.2) is 36.4 Å². The molecule has 0 spiro atoms. The summed E-state index contributed by atoms with van der Waals surface area (Å²) in [5.74, 6) is 0.715. The van der Waals surface area contributed by atoms with Crippen molar-refractivity contribution in [2.24, 2.45) is 0 Å². The van der Waals surface area contributed by atoms with E-state index in [1.807, 2.05) is 43.3 Å². The monoisotopic (exact) mass is 380 g/mol. The summed E-state index contributed by atoms with van der Waals surface area (Å²) < 4.78 is 10.6. The molecule has 1 heterocycles. The zero-order valence-electron chi connectivity index (χ0n) is 13.9. The number of likely N-dealkylation sites (N-methyl/N-ethyl adjacent to an activating group) is 1. The van der Waals surface area contributed by atoms with Crippen molar-refractivity contribution in [3.8, 4) is 11.5 Å². The lowest BCUT2D eigenvalue weighted by Crippen LogP contribution is -2.34. The van der Waals surface area contributed by atoms with Crippen LogP contribution in [0.5, 0.6) is 11.5 Å². The maximum atomic E-state index is 12.5. The van der Waals surface area contributed by atoms with Gasteiger partial charge in [0.25, 0.3) is 5.91 Å². The van der Waals surface area contributed by atoms with Crippen molar-refractivity contribution in [2.75, 3.05) is 27.4 Å².